The molecule has 0 radical (unpaired) electrons. The predicted molar refractivity (Wildman–Crippen MR) is 120 cm³/mol. The molecular formula is C26H30N2O2. The first kappa shape index (κ1) is 20.7. The van der Waals surface area contributed by atoms with Gasteiger partial charge in [-0.2, -0.15) is 0 Å². The normalized spacial score (nSPS) is 20.7. The summed E-state index contributed by atoms with van der Waals surface area (Å²) in [6.45, 7) is 3.99. The Kier molecular flexibility index (Phi) is 6.58. The van der Waals surface area contributed by atoms with E-state index >= 15 is 0 Å². The summed E-state index contributed by atoms with van der Waals surface area (Å²) in [6.07, 6.45) is 6.21. The summed E-state index contributed by atoms with van der Waals surface area (Å²) < 4.78 is 6.51. The van der Waals surface area contributed by atoms with Crippen molar-refractivity contribution in [1.82, 2.24) is 9.88 Å². The average molecular weight is 403 g/mol. The van der Waals surface area contributed by atoms with Crippen LogP contribution in [0.3, 0.4) is 0 Å². The minimum Gasteiger partial charge on any atom is -0.396 e. The molecule has 156 valence electrons. The van der Waals surface area contributed by atoms with E-state index in [1.807, 2.05) is 18.3 Å². The van der Waals surface area contributed by atoms with Gasteiger partial charge in [0, 0.05) is 31.6 Å². The lowest BCUT2D eigenvalue weighted by Gasteiger charge is -2.44. The predicted octanol–water partition coefficient (Wildman–Crippen LogP) is 5.16. The Morgan fingerprint density at radius 3 is 2.47 bits per heavy atom. The highest BCUT2D eigenvalue weighted by Gasteiger charge is 2.38. The standard InChI is InChI=1S/C26H30N2O2/c1-21(22-10-12-23(13-11-22)24-7-5-16-27-19-24)28-17-15-26(30-20-28,14-6-18-29)25-8-3-2-4-9-25/h2-5,7-13,16,19,21,29H,6,14-15,17-18,20H2,1H3/t21-,26+/m0/s1. The van der Waals surface area contributed by atoms with E-state index in [1.54, 1.807) is 6.20 Å². The van der Waals surface area contributed by atoms with E-state index in [9.17, 15) is 5.11 Å². The highest BCUT2D eigenvalue weighted by Crippen LogP contribution is 2.39. The van der Waals surface area contributed by atoms with Crippen LogP contribution in [0.1, 0.15) is 43.4 Å². The third kappa shape index (κ3) is 4.46. The number of aromatic nitrogens is 1. The van der Waals surface area contributed by atoms with Crippen molar-refractivity contribution < 1.29 is 9.84 Å². The maximum Gasteiger partial charge on any atom is 0.101 e. The van der Waals surface area contributed by atoms with Gasteiger partial charge >= 0.3 is 0 Å². The van der Waals surface area contributed by atoms with Crippen LogP contribution in [0.25, 0.3) is 11.1 Å². The lowest BCUT2D eigenvalue weighted by atomic mass is 9.84. The highest BCUT2D eigenvalue weighted by molar-refractivity contribution is 5.62. The molecule has 1 N–H and O–H groups in total. The van der Waals surface area contributed by atoms with Crippen LogP contribution in [-0.4, -0.2) is 34.9 Å². The summed E-state index contributed by atoms with van der Waals surface area (Å²) in [5, 5.41) is 9.38. The fourth-order valence-corrected chi connectivity index (χ4v) is 4.35. The third-order valence-corrected chi connectivity index (χ3v) is 6.28. The first-order valence-corrected chi connectivity index (χ1v) is 10.8. The Morgan fingerprint density at radius 1 is 1.03 bits per heavy atom. The van der Waals surface area contributed by atoms with Gasteiger partial charge in [0.2, 0.25) is 0 Å². The lowest BCUT2D eigenvalue weighted by Crippen LogP contribution is -2.45. The Balaban J connectivity index is 1.45. The number of ether oxygens (including phenoxy) is 1. The van der Waals surface area contributed by atoms with Crippen LogP contribution >= 0.6 is 0 Å². The van der Waals surface area contributed by atoms with Crippen LogP contribution in [0.2, 0.25) is 0 Å². The van der Waals surface area contributed by atoms with Crippen molar-refractivity contribution in [3.8, 4) is 11.1 Å². The molecule has 0 spiro atoms. The van der Waals surface area contributed by atoms with E-state index in [-0.39, 0.29) is 18.2 Å². The second-order valence-electron chi connectivity index (χ2n) is 8.06. The van der Waals surface area contributed by atoms with Crippen molar-refractivity contribution in [3.05, 3.63) is 90.3 Å². The molecule has 1 aliphatic heterocycles. The summed E-state index contributed by atoms with van der Waals surface area (Å²) in [7, 11) is 0. The molecule has 30 heavy (non-hydrogen) atoms. The largest absolute Gasteiger partial charge is 0.396 e. The fourth-order valence-electron chi connectivity index (χ4n) is 4.35. The second kappa shape index (κ2) is 9.52. The van der Waals surface area contributed by atoms with Crippen LogP contribution < -0.4 is 0 Å². The Morgan fingerprint density at radius 2 is 1.83 bits per heavy atom. The number of nitrogens with zero attached hydrogens (tertiary/aromatic N) is 2. The first-order valence-electron chi connectivity index (χ1n) is 10.8. The summed E-state index contributed by atoms with van der Waals surface area (Å²) in [6, 6.07) is 23.5. The van der Waals surface area contributed by atoms with Gasteiger partial charge in [0.05, 0.1) is 5.60 Å². The first-order chi connectivity index (χ1) is 14.7. The number of aliphatic hydroxyl groups excluding tert-OH is 1. The second-order valence-corrected chi connectivity index (χ2v) is 8.06. The number of hydrogen-bond donors (Lipinski definition) is 1. The Hall–Kier alpha value is -2.53. The highest BCUT2D eigenvalue weighted by atomic mass is 16.5. The zero-order valence-corrected chi connectivity index (χ0v) is 17.6. The molecule has 0 aliphatic carbocycles. The topological polar surface area (TPSA) is 45.6 Å². The molecule has 2 aromatic carbocycles. The van der Waals surface area contributed by atoms with Crippen LogP contribution in [-0.2, 0) is 10.3 Å². The minimum atomic E-state index is -0.301. The molecule has 0 amide bonds. The van der Waals surface area contributed by atoms with Gasteiger partial charge in [-0.25, -0.2) is 0 Å². The molecule has 0 unspecified atom stereocenters. The van der Waals surface area contributed by atoms with E-state index in [2.05, 4.69) is 71.4 Å². The van der Waals surface area contributed by atoms with Gasteiger partial charge in [0.25, 0.3) is 0 Å². The van der Waals surface area contributed by atoms with E-state index in [0.717, 1.165) is 31.4 Å². The van der Waals surface area contributed by atoms with Gasteiger partial charge < -0.3 is 9.84 Å². The summed E-state index contributed by atoms with van der Waals surface area (Å²) >= 11 is 0. The maximum atomic E-state index is 9.38. The van der Waals surface area contributed by atoms with Crippen molar-refractivity contribution in [2.75, 3.05) is 19.9 Å². The van der Waals surface area contributed by atoms with Gasteiger partial charge in [0.15, 0.2) is 0 Å². The van der Waals surface area contributed by atoms with Crippen LogP contribution in [0.15, 0.2) is 79.1 Å². The molecular weight excluding hydrogens is 372 g/mol. The number of hydrogen-bond acceptors (Lipinski definition) is 4. The Labute approximate surface area is 179 Å². The molecule has 1 saturated heterocycles. The summed E-state index contributed by atoms with van der Waals surface area (Å²) in [5.74, 6) is 0. The number of pyridine rings is 1. The maximum absolute atomic E-state index is 9.38. The minimum absolute atomic E-state index is 0.196. The molecule has 1 aliphatic rings. The van der Waals surface area contributed by atoms with Crippen molar-refractivity contribution in [2.45, 2.75) is 37.8 Å². The molecule has 3 aromatic rings. The molecule has 2 atom stereocenters. The third-order valence-electron chi connectivity index (χ3n) is 6.28. The molecule has 1 fully saturated rings. The van der Waals surface area contributed by atoms with E-state index in [4.69, 9.17) is 4.74 Å². The van der Waals surface area contributed by atoms with Gasteiger partial charge in [-0.1, -0.05) is 60.7 Å². The molecule has 0 saturated carbocycles. The SMILES string of the molecule is C[C@@H](c1ccc(-c2cccnc2)cc1)N1CC[C@](CCCO)(c2ccccc2)OC1. The molecule has 0 bridgehead atoms. The van der Waals surface area contributed by atoms with E-state index in [1.165, 1.54) is 16.7 Å². The van der Waals surface area contributed by atoms with Crippen molar-refractivity contribution in [1.29, 1.82) is 0 Å². The average Bonchev–Trinajstić information content (AvgIpc) is 2.84. The van der Waals surface area contributed by atoms with Crippen LogP contribution in [0, 0.1) is 0 Å². The van der Waals surface area contributed by atoms with Crippen LogP contribution in [0.4, 0.5) is 0 Å². The number of aliphatic hydroxyl groups is 1. The quantitative estimate of drug-likeness (QED) is 0.593. The van der Waals surface area contributed by atoms with Gasteiger partial charge in [-0.15, -0.1) is 0 Å². The molecule has 2 heterocycles. The van der Waals surface area contributed by atoms with Crippen molar-refractivity contribution >= 4 is 0 Å². The molecule has 4 nitrogen and oxygen atoms in total. The zero-order chi connectivity index (χ0) is 20.8. The molecule has 1 aromatic heterocycles. The van der Waals surface area contributed by atoms with Gasteiger partial charge in [-0.3, -0.25) is 9.88 Å². The van der Waals surface area contributed by atoms with E-state index in [0.29, 0.717) is 6.73 Å². The lowest BCUT2D eigenvalue weighted by molar-refractivity contribution is -0.159. The van der Waals surface area contributed by atoms with Crippen molar-refractivity contribution in [2.24, 2.45) is 0 Å². The number of benzene rings is 2. The van der Waals surface area contributed by atoms with Gasteiger partial charge in [0.1, 0.15) is 6.73 Å². The monoisotopic (exact) mass is 402 g/mol. The zero-order valence-electron chi connectivity index (χ0n) is 17.6. The Bertz CT molecular complexity index is 905. The molecule has 4 heteroatoms. The molecule has 4 rings (SSSR count). The van der Waals surface area contributed by atoms with Crippen molar-refractivity contribution in [3.63, 3.8) is 0 Å². The fraction of sp³-hybridized carbons (Fsp3) is 0.346. The smallest absolute Gasteiger partial charge is 0.101 e. The summed E-state index contributed by atoms with van der Waals surface area (Å²) in [5.41, 5.74) is 4.51. The van der Waals surface area contributed by atoms with E-state index < -0.39 is 0 Å². The summed E-state index contributed by atoms with van der Waals surface area (Å²) in [4.78, 5) is 6.60. The van der Waals surface area contributed by atoms with Gasteiger partial charge in [-0.05, 0) is 54.5 Å². The number of rotatable bonds is 7. The van der Waals surface area contributed by atoms with Crippen LogP contribution in [0.5, 0.6) is 0 Å².